The Morgan fingerprint density at radius 1 is 1.11 bits per heavy atom. The largest absolute Gasteiger partial charge is 0.573 e. The number of nitrogens with one attached hydrogen (secondary N) is 1. The molecule has 0 aliphatic carbocycles. The van der Waals surface area contributed by atoms with Crippen molar-refractivity contribution in [2.75, 3.05) is 30.9 Å². The fraction of sp³-hybridized carbons (Fsp3) is 0.303. The molecule has 1 aliphatic rings. The number of urea groups is 1. The third-order valence-electron chi connectivity index (χ3n) is 7.35. The van der Waals surface area contributed by atoms with Crippen LogP contribution < -0.4 is 19.7 Å². The highest BCUT2D eigenvalue weighted by Gasteiger charge is 2.31. The van der Waals surface area contributed by atoms with Crippen molar-refractivity contribution in [2.45, 2.75) is 38.5 Å². The van der Waals surface area contributed by atoms with E-state index in [-0.39, 0.29) is 18.2 Å². The van der Waals surface area contributed by atoms with Crippen molar-refractivity contribution in [1.82, 2.24) is 20.1 Å². The maximum Gasteiger partial charge on any atom is 0.573 e. The third kappa shape index (κ3) is 8.42. The number of carbonyl (C=O) groups excluding carboxylic acids is 1. The van der Waals surface area contributed by atoms with E-state index in [1.165, 1.54) is 47.0 Å². The number of rotatable bonds is 9. The van der Waals surface area contributed by atoms with E-state index in [2.05, 4.69) is 49.9 Å². The molecule has 1 aliphatic heterocycles. The summed E-state index contributed by atoms with van der Waals surface area (Å²) in [5.74, 6) is 1.25. The summed E-state index contributed by atoms with van der Waals surface area (Å²) in [6.07, 6.45) is -2.39. The molecule has 1 unspecified atom stereocenters. The maximum atomic E-state index is 13.0. The van der Waals surface area contributed by atoms with Gasteiger partial charge in [0, 0.05) is 36.2 Å². The molecule has 0 bridgehead atoms. The highest BCUT2D eigenvalue weighted by atomic mass is 32.2. The second kappa shape index (κ2) is 14.6. The maximum absolute atomic E-state index is 13.0. The van der Waals surface area contributed by atoms with Gasteiger partial charge in [0.2, 0.25) is 0 Å². The molecule has 244 valence electrons. The number of anilines is 1. The Bertz CT molecular complexity index is 1770. The second-order valence-electron chi connectivity index (χ2n) is 10.9. The first-order valence-corrected chi connectivity index (χ1v) is 15.8. The van der Waals surface area contributed by atoms with Gasteiger partial charge in [0.1, 0.15) is 17.8 Å². The average molecular weight is 664 g/mol. The van der Waals surface area contributed by atoms with Gasteiger partial charge < -0.3 is 19.7 Å². The van der Waals surface area contributed by atoms with E-state index in [9.17, 15) is 23.2 Å². The molecule has 14 heteroatoms. The minimum absolute atomic E-state index is 0.0630. The molecule has 1 N–H and O–H groups in total. The number of ether oxygens (including phenoxy) is 2. The van der Waals surface area contributed by atoms with E-state index in [0.29, 0.717) is 27.8 Å². The monoisotopic (exact) mass is 663 g/mol. The zero-order valence-electron chi connectivity index (χ0n) is 25.9. The number of hydrogen-bond acceptors (Lipinski definition) is 7. The van der Waals surface area contributed by atoms with Crippen LogP contribution in [-0.4, -0.2) is 58.3 Å². The van der Waals surface area contributed by atoms with Crippen molar-refractivity contribution in [2.24, 2.45) is 4.99 Å². The Morgan fingerprint density at radius 3 is 2.49 bits per heavy atom. The Labute approximate surface area is 274 Å². The van der Waals surface area contributed by atoms with E-state index in [1.807, 2.05) is 18.2 Å². The zero-order chi connectivity index (χ0) is 33.6. The molecular formula is C33H32F3N7O3S. The van der Waals surface area contributed by atoms with Crippen LogP contribution in [0.5, 0.6) is 11.5 Å². The summed E-state index contributed by atoms with van der Waals surface area (Å²) in [7, 11) is 1.62. The Kier molecular flexibility index (Phi) is 10.4. The van der Waals surface area contributed by atoms with E-state index in [1.54, 1.807) is 31.4 Å². The highest BCUT2D eigenvalue weighted by molar-refractivity contribution is 8.14. The van der Waals surface area contributed by atoms with E-state index >= 15 is 0 Å². The van der Waals surface area contributed by atoms with Gasteiger partial charge in [-0.25, -0.2) is 14.5 Å². The Balaban J connectivity index is 1.23. The van der Waals surface area contributed by atoms with E-state index < -0.39 is 18.3 Å². The van der Waals surface area contributed by atoms with Crippen LogP contribution in [0.2, 0.25) is 0 Å². The smallest absolute Gasteiger partial charge is 0.497 e. The van der Waals surface area contributed by atoms with Crippen molar-refractivity contribution in [3.8, 4) is 34.6 Å². The first-order valence-electron chi connectivity index (χ1n) is 14.8. The molecule has 0 radical (unpaired) electrons. The molecule has 10 nitrogen and oxygen atoms in total. The number of amides is 2. The van der Waals surface area contributed by atoms with E-state index in [4.69, 9.17) is 4.74 Å². The molecule has 2 heterocycles. The predicted molar refractivity (Wildman–Crippen MR) is 174 cm³/mol. The van der Waals surface area contributed by atoms with E-state index in [0.717, 1.165) is 35.7 Å². The molecule has 3 aromatic carbocycles. The van der Waals surface area contributed by atoms with Gasteiger partial charge in [-0.15, -0.1) is 18.3 Å². The molecule has 0 saturated carbocycles. The number of carbonyl (C=O) groups is 1. The minimum Gasteiger partial charge on any atom is -0.497 e. The third-order valence-corrected chi connectivity index (χ3v) is 8.41. The number of aliphatic imine (C=N–C) groups is 1. The topological polar surface area (TPSA) is 118 Å². The number of thioether (sulfide) groups is 1. The molecule has 1 aromatic heterocycles. The SMILES string of the molecule is COc1ccc(C(C)C)c(N2CCCSC2=NC(=O)NCC(C#N)c2ccc(-c3ncn(-c4ccc(OC(F)(F)F)cc4)n3)cc2)c1. The first-order chi connectivity index (χ1) is 22.5. The van der Waals surface area contributed by atoms with Gasteiger partial charge in [0.25, 0.3) is 0 Å². The summed E-state index contributed by atoms with van der Waals surface area (Å²) < 4.78 is 48.1. The van der Waals surface area contributed by atoms with Crippen molar-refractivity contribution in [3.05, 3.63) is 84.2 Å². The number of benzene rings is 3. The molecule has 1 saturated heterocycles. The summed E-state index contributed by atoms with van der Waals surface area (Å²) in [5, 5.41) is 17.7. The number of amidine groups is 1. The van der Waals surface area contributed by atoms with Crippen LogP contribution in [-0.2, 0) is 0 Å². The lowest BCUT2D eigenvalue weighted by molar-refractivity contribution is -0.274. The molecule has 47 heavy (non-hydrogen) atoms. The normalized spacial score (nSPS) is 14.9. The quantitative estimate of drug-likeness (QED) is 0.199. The van der Waals surface area contributed by atoms with Crippen LogP contribution in [0.4, 0.5) is 23.7 Å². The van der Waals surface area contributed by atoms with Crippen molar-refractivity contribution < 1.29 is 27.4 Å². The fourth-order valence-electron chi connectivity index (χ4n) is 4.99. The van der Waals surface area contributed by atoms with Crippen LogP contribution in [0, 0.1) is 11.3 Å². The standard InChI is InChI=1S/C33H32F3N7O3S/c1-21(2)28-14-13-27(45-3)17-29(28)42-15-4-16-47-32(42)40-31(44)38-19-24(18-37)22-5-7-23(8-6-22)30-39-20-43(41-30)25-9-11-26(12-10-25)46-33(34,35)36/h5-14,17,20-21,24H,4,15-16,19H2,1-3H3,(H,38,44). The molecule has 1 fully saturated rings. The lowest BCUT2D eigenvalue weighted by atomic mass is 9.99. The van der Waals surface area contributed by atoms with Gasteiger partial charge in [0.05, 0.1) is 24.8 Å². The number of nitriles is 1. The van der Waals surface area contributed by atoms with Gasteiger partial charge in [-0.1, -0.05) is 55.9 Å². The van der Waals surface area contributed by atoms with Crippen LogP contribution in [0.3, 0.4) is 0 Å². The summed E-state index contributed by atoms with van der Waals surface area (Å²) in [6.45, 7) is 5.02. The van der Waals surface area contributed by atoms with Crippen molar-refractivity contribution >= 4 is 28.6 Å². The molecule has 4 aromatic rings. The first kappa shape index (κ1) is 33.3. The van der Waals surface area contributed by atoms with Crippen LogP contribution >= 0.6 is 11.8 Å². The molecular weight excluding hydrogens is 631 g/mol. The number of alkyl halides is 3. The van der Waals surface area contributed by atoms with Gasteiger partial charge in [-0.3, -0.25) is 0 Å². The molecule has 5 rings (SSSR count). The number of methoxy groups -OCH3 is 1. The van der Waals surface area contributed by atoms with Gasteiger partial charge in [-0.05, 0) is 53.8 Å². The summed E-state index contributed by atoms with van der Waals surface area (Å²) >= 11 is 1.52. The number of aromatic nitrogens is 3. The summed E-state index contributed by atoms with van der Waals surface area (Å²) in [5.41, 5.74) is 3.95. The molecule has 1 atom stereocenters. The van der Waals surface area contributed by atoms with Gasteiger partial charge in [0.15, 0.2) is 11.0 Å². The fourth-order valence-corrected chi connectivity index (χ4v) is 5.94. The molecule has 2 amide bonds. The predicted octanol–water partition coefficient (Wildman–Crippen LogP) is 7.28. The van der Waals surface area contributed by atoms with Crippen molar-refractivity contribution in [3.63, 3.8) is 0 Å². The lowest BCUT2D eigenvalue weighted by Crippen LogP contribution is -2.37. The van der Waals surface area contributed by atoms with Gasteiger partial charge in [-0.2, -0.15) is 10.3 Å². The van der Waals surface area contributed by atoms with Crippen LogP contribution in [0.1, 0.15) is 43.2 Å². The molecule has 0 spiro atoms. The van der Waals surface area contributed by atoms with Crippen LogP contribution in [0.15, 0.2) is 78.0 Å². The second-order valence-corrected chi connectivity index (χ2v) is 11.9. The number of halogens is 3. The summed E-state index contributed by atoms with van der Waals surface area (Å²) in [4.78, 5) is 23.7. The number of nitrogens with zero attached hydrogens (tertiary/aromatic N) is 6. The van der Waals surface area contributed by atoms with Crippen molar-refractivity contribution in [1.29, 1.82) is 5.26 Å². The Hall–Kier alpha value is -5.03. The highest BCUT2D eigenvalue weighted by Crippen LogP contribution is 2.35. The van der Waals surface area contributed by atoms with Gasteiger partial charge >= 0.3 is 12.4 Å². The number of hydrogen-bond donors (Lipinski definition) is 1. The Morgan fingerprint density at radius 2 is 1.83 bits per heavy atom. The zero-order valence-corrected chi connectivity index (χ0v) is 26.7. The lowest BCUT2D eigenvalue weighted by Gasteiger charge is -2.32. The minimum atomic E-state index is -4.77. The van der Waals surface area contributed by atoms with Crippen LogP contribution in [0.25, 0.3) is 17.1 Å². The summed E-state index contributed by atoms with van der Waals surface area (Å²) in [6, 6.07) is 20.0. The average Bonchev–Trinajstić information content (AvgIpc) is 3.55.